The number of unbranched alkanes of at least 4 members (excludes halogenated alkanes) is 9. The number of benzene rings is 2. The van der Waals surface area contributed by atoms with Crippen molar-refractivity contribution in [3.63, 3.8) is 0 Å². The first-order chi connectivity index (χ1) is 16.5. The van der Waals surface area contributed by atoms with E-state index in [1.807, 2.05) is 24.3 Å². The molecule has 5 heteroatoms. The van der Waals surface area contributed by atoms with E-state index >= 15 is 0 Å². The molecule has 2 aromatic carbocycles. The molecule has 0 bridgehead atoms. The van der Waals surface area contributed by atoms with E-state index in [-0.39, 0.29) is 5.91 Å². The Morgan fingerprint density at radius 3 is 1.82 bits per heavy atom. The molecule has 0 saturated carbocycles. The zero-order valence-electron chi connectivity index (χ0n) is 21.1. The van der Waals surface area contributed by atoms with Gasteiger partial charge in [-0.3, -0.25) is 4.79 Å². The maximum Gasteiger partial charge on any atom is 0.224 e. The number of carbonyl (C=O) groups is 1. The summed E-state index contributed by atoms with van der Waals surface area (Å²) in [5, 5.41) is 4.40. The largest absolute Gasteiger partial charge is 0.328 e. The molecule has 2 rings (SSSR count). The number of quaternary nitrogens is 1. The van der Waals surface area contributed by atoms with E-state index in [2.05, 4.69) is 31.3 Å². The van der Waals surface area contributed by atoms with E-state index in [4.69, 9.17) is 23.2 Å². The van der Waals surface area contributed by atoms with Crippen molar-refractivity contribution in [3.8, 4) is 0 Å². The molecule has 0 aliphatic rings. The average molecular weight is 507 g/mol. The van der Waals surface area contributed by atoms with Crippen molar-refractivity contribution in [1.29, 1.82) is 0 Å². The molecule has 2 N–H and O–H groups in total. The summed E-state index contributed by atoms with van der Waals surface area (Å²) in [4.78, 5) is 13.7. The first-order valence-corrected chi connectivity index (χ1v) is 13.9. The van der Waals surface area contributed by atoms with Gasteiger partial charge in [-0.2, -0.15) is 0 Å². The Morgan fingerprint density at radius 2 is 1.26 bits per heavy atom. The highest BCUT2D eigenvalue weighted by Gasteiger charge is 2.10. The Labute approximate surface area is 217 Å². The smallest absolute Gasteiger partial charge is 0.224 e. The van der Waals surface area contributed by atoms with Crippen LogP contribution in [0.1, 0.15) is 95.6 Å². The van der Waals surface area contributed by atoms with Crippen LogP contribution in [0.15, 0.2) is 42.5 Å². The highest BCUT2D eigenvalue weighted by Crippen LogP contribution is 2.18. The Balaban J connectivity index is 1.65. The molecule has 2 aromatic rings. The van der Waals surface area contributed by atoms with Gasteiger partial charge in [0, 0.05) is 33.3 Å². The predicted molar refractivity (Wildman–Crippen MR) is 147 cm³/mol. The molecule has 0 saturated heterocycles. The number of nitrogens with one attached hydrogen (secondary N) is 2. The van der Waals surface area contributed by atoms with Crippen molar-refractivity contribution in [2.24, 2.45) is 0 Å². The monoisotopic (exact) mass is 505 g/mol. The highest BCUT2D eigenvalue weighted by molar-refractivity contribution is 6.34. The molecule has 0 heterocycles. The number of hydrogen-bond donors (Lipinski definition) is 2. The summed E-state index contributed by atoms with van der Waals surface area (Å²) in [7, 11) is 0. The van der Waals surface area contributed by atoms with Crippen LogP contribution in [-0.4, -0.2) is 12.5 Å². The lowest BCUT2D eigenvalue weighted by atomic mass is 10.1. The number of amides is 1. The van der Waals surface area contributed by atoms with Gasteiger partial charge in [0.1, 0.15) is 13.1 Å². The molecule has 0 spiro atoms. The van der Waals surface area contributed by atoms with Crippen LogP contribution in [0.3, 0.4) is 0 Å². The Hall–Kier alpha value is -1.55. The first kappa shape index (κ1) is 28.7. The number of hydrogen-bond acceptors (Lipinski definition) is 1. The lowest BCUT2D eigenvalue weighted by molar-refractivity contribution is -0.925. The Morgan fingerprint density at radius 1 is 0.735 bits per heavy atom. The van der Waals surface area contributed by atoms with Crippen LogP contribution >= 0.6 is 23.2 Å². The fourth-order valence-corrected chi connectivity index (χ4v) is 4.88. The molecule has 0 radical (unpaired) electrons. The van der Waals surface area contributed by atoms with Crippen LogP contribution in [0.4, 0.5) is 5.69 Å². The number of carbonyl (C=O) groups excluding carboxylic acids is 1. The minimum absolute atomic E-state index is 0.117. The number of anilines is 1. The third kappa shape index (κ3) is 12.2. The van der Waals surface area contributed by atoms with Crippen molar-refractivity contribution in [2.45, 2.75) is 97.6 Å². The maximum atomic E-state index is 12.3. The standard InChI is InChI=1S/C29H42Cl2N2O/c1-3-5-6-7-8-9-10-11-12-13-14-29(34)32-28-17-15-24(16-18-28)22-33(4-2)23-25-19-26(30)21-27(31)20-25/h15-21H,3-14,22-23H2,1-2H3,(H,32,34)/p+1. The summed E-state index contributed by atoms with van der Waals surface area (Å²) in [5.74, 6) is 0.117. The zero-order valence-corrected chi connectivity index (χ0v) is 22.6. The zero-order chi connectivity index (χ0) is 24.6. The molecule has 0 aliphatic carbocycles. The molecule has 1 amide bonds. The van der Waals surface area contributed by atoms with Crippen molar-refractivity contribution in [1.82, 2.24) is 0 Å². The molecular formula is C29H43Cl2N2O+. The van der Waals surface area contributed by atoms with E-state index in [0.717, 1.165) is 43.7 Å². The molecule has 0 aromatic heterocycles. The van der Waals surface area contributed by atoms with Gasteiger partial charge in [-0.1, -0.05) is 100 Å². The van der Waals surface area contributed by atoms with Crippen LogP contribution < -0.4 is 10.2 Å². The number of halogens is 2. The predicted octanol–water partition coefficient (Wildman–Crippen LogP) is 7.85. The van der Waals surface area contributed by atoms with E-state index < -0.39 is 0 Å². The Bertz CT molecular complexity index is 818. The summed E-state index contributed by atoms with van der Waals surface area (Å²) < 4.78 is 0. The highest BCUT2D eigenvalue weighted by atomic mass is 35.5. The van der Waals surface area contributed by atoms with Crippen molar-refractivity contribution < 1.29 is 9.69 Å². The van der Waals surface area contributed by atoms with Gasteiger partial charge in [0.2, 0.25) is 5.91 Å². The van der Waals surface area contributed by atoms with Crippen molar-refractivity contribution in [3.05, 3.63) is 63.6 Å². The van der Waals surface area contributed by atoms with Gasteiger partial charge >= 0.3 is 0 Å². The normalized spacial score (nSPS) is 12.0. The lowest BCUT2D eigenvalue weighted by Gasteiger charge is -2.18. The van der Waals surface area contributed by atoms with E-state index in [1.54, 1.807) is 6.07 Å². The van der Waals surface area contributed by atoms with Gasteiger partial charge in [0.15, 0.2) is 0 Å². The second kappa shape index (κ2) is 17.0. The van der Waals surface area contributed by atoms with Crippen LogP contribution in [-0.2, 0) is 17.9 Å². The molecule has 0 aliphatic heterocycles. The lowest BCUT2D eigenvalue weighted by Crippen LogP contribution is -3.09. The van der Waals surface area contributed by atoms with Crippen LogP contribution in [0.5, 0.6) is 0 Å². The summed E-state index contributed by atoms with van der Waals surface area (Å²) in [6.07, 6.45) is 13.4. The van der Waals surface area contributed by atoms with Gasteiger partial charge < -0.3 is 10.2 Å². The van der Waals surface area contributed by atoms with E-state index in [0.29, 0.717) is 16.5 Å². The molecule has 1 atom stereocenters. The van der Waals surface area contributed by atoms with Crippen LogP contribution in [0.2, 0.25) is 10.0 Å². The topological polar surface area (TPSA) is 33.5 Å². The van der Waals surface area contributed by atoms with Crippen molar-refractivity contribution >= 4 is 34.8 Å². The fraction of sp³-hybridized carbons (Fsp3) is 0.552. The third-order valence-electron chi connectivity index (χ3n) is 6.33. The van der Waals surface area contributed by atoms with Crippen LogP contribution in [0, 0.1) is 0 Å². The average Bonchev–Trinajstić information content (AvgIpc) is 2.80. The summed E-state index contributed by atoms with van der Waals surface area (Å²) in [5.41, 5.74) is 3.27. The summed E-state index contributed by atoms with van der Waals surface area (Å²) in [6.45, 7) is 7.22. The van der Waals surface area contributed by atoms with Crippen LogP contribution in [0.25, 0.3) is 0 Å². The second-order valence-corrected chi connectivity index (χ2v) is 10.3. The molecule has 34 heavy (non-hydrogen) atoms. The second-order valence-electron chi connectivity index (χ2n) is 9.41. The SMILES string of the molecule is CCCCCCCCCCCCC(=O)Nc1ccc(C[NH+](CC)Cc2cc(Cl)cc(Cl)c2)cc1. The Kier molecular flexibility index (Phi) is 14.3. The van der Waals surface area contributed by atoms with E-state index in [1.165, 1.54) is 61.8 Å². The first-order valence-electron chi connectivity index (χ1n) is 13.2. The maximum absolute atomic E-state index is 12.3. The third-order valence-corrected chi connectivity index (χ3v) is 6.76. The quantitative estimate of drug-likeness (QED) is 0.211. The minimum Gasteiger partial charge on any atom is -0.328 e. The molecule has 188 valence electrons. The molecular weight excluding hydrogens is 463 g/mol. The van der Waals surface area contributed by atoms with Gasteiger partial charge in [-0.25, -0.2) is 0 Å². The summed E-state index contributed by atoms with van der Waals surface area (Å²) >= 11 is 12.3. The number of rotatable bonds is 17. The van der Waals surface area contributed by atoms with Gasteiger partial charge in [-0.15, -0.1) is 0 Å². The minimum atomic E-state index is 0.117. The molecule has 3 nitrogen and oxygen atoms in total. The van der Waals surface area contributed by atoms with Gasteiger partial charge in [-0.05, 0) is 43.7 Å². The van der Waals surface area contributed by atoms with Gasteiger partial charge in [0.25, 0.3) is 0 Å². The summed E-state index contributed by atoms with van der Waals surface area (Å²) in [6, 6.07) is 14.0. The fourth-order valence-electron chi connectivity index (χ4n) is 4.31. The molecule has 1 unspecified atom stereocenters. The molecule has 0 fully saturated rings. The van der Waals surface area contributed by atoms with E-state index in [9.17, 15) is 4.79 Å². The van der Waals surface area contributed by atoms with Gasteiger partial charge in [0.05, 0.1) is 6.54 Å². The van der Waals surface area contributed by atoms with Crippen molar-refractivity contribution in [2.75, 3.05) is 11.9 Å².